The van der Waals surface area contributed by atoms with Gasteiger partial charge in [0.05, 0.1) is 5.54 Å². The Morgan fingerprint density at radius 1 is 1.46 bits per heavy atom. The van der Waals surface area contributed by atoms with Crippen molar-refractivity contribution in [2.75, 3.05) is 0 Å². The predicted octanol–water partition coefficient (Wildman–Crippen LogP) is 1.58. The van der Waals surface area contributed by atoms with E-state index < -0.39 is 0 Å². The second-order valence-electron chi connectivity index (χ2n) is 4.73. The molecule has 0 fully saturated rings. The summed E-state index contributed by atoms with van der Waals surface area (Å²) in [5.74, 6) is 0.450. The second kappa shape index (κ2) is 2.38. The molecule has 0 bridgehead atoms. The van der Waals surface area contributed by atoms with Crippen LogP contribution in [-0.2, 0) is 0 Å². The van der Waals surface area contributed by atoms with E-state index in [0.717, 1.165) is 5.57 Å². The fourth-order valence-electron chi connectivity index (χ4n) is 2.14. The molecule has 0 saturated heterocycles. The van der Waals surface area contributed by atoms with Crippen molar-refractivity contribution in [3.8, 4) is 0 Å². The Morgan fingerprint density at radius 3 is 2.62 bits per heavy atom. The summed E-state index contributed by atoms with van der Waals surface area (Å²) < 4.78 is 0. The van der Waals surface area contributed by atoms with E-state index in [2.05, 4.69) is 25.2 Å². The lowest BCUT2D eigenvalue weighted by molar-refractivity contribution is 0.138. The topological polar surface area (TPSA) is 32.3 Å². The van der Waals surface area contributed by atoms with Crippen LogP contribution >= 0.6 is 0 Å². The standard InChI is InChI=1S/C11H17NO/c1-6-5-8-9(7(6)2)12-11(3,4)10(8)13/h5,7,10,12-13H,1-4H3. The summed E-state index contributed by atoms with van der Waals surface area (Å²) in [7, 11) is 0. The highest BCUT2D eigenvalue weighted by molar-refractivity contribution is 5.48. The Bertz CT molecular complexity index is 312. The van der Waals surface area contributed by atoms with Crippen LogP contribution in [0.5, 0.6) is 0 Å². The summed E-state index contributed by atoms with van der Waals surface area (Å²) in [6.07, 6.45) is 1.76. The molecule has 1 heterocycles. The zero-order chi connectivity index (χ0) is 9.80. The largest absolute Gasteiger partial charge is 0.386 e. The molecule has 0 aromatic carbocycles. The summed E-state index contributed by atoms with van der Waals surface area (Å²) >= 11 is 0. The van der Waals surface area contributed by atoms with Crippen LogP contribution < -0.4 is 5.32 Å². The Balaban J connectivity index is 2.37. The van der Waals surface area contributed by atoms with Crippen molar-refractivity contribution >= 4 is 0 Å². The maximum absolute atomic E-state index is 10.00. The average Bonchev–Trinajstić information content (AvgIpc) is 2.41. The minimum atomic E-state index is -0.359. The number of hydrogen-bond acceptors (Lipinski definition) is 2. The van der Waals surface area contributed by atoms with Crippen LogP contribution in [0.15, 0.2) is 22.9 Å². The molecule has 0 saturated carbocycles. The van der Waals surface area contributed by atoms with Crippen LogP contribution in [0.2, 0.25) is 0 Å². The summed E-state index contributed by atoms with van der Waals surface area (Å²) in [5, 5.41) is 13.4. The van der Waals surface area contributed by atoms with Gasteiger partial charge in [0.15, 0.2) is 0 Å². The third-order valence-corrected chi connectivity index (χ3v) is 3.25. The molecule has 2 rings (SSSR count). The number of nitrogens with one attached hydrogen (secondary N) is 1. The molecule has 0 spiro atoms. The summed E-state index contributed by atoms with van der Waals surface area (Å²) in [5.41, 5.74) is 3.45. The molecule has 2 aliphatic rings. The highest BCUT2D eigenvalue weighted by Crippen LogP contribution is 2.39. The summed E-state index contributed by atoms with van der Waals surface area (Å²) in [6, 6.07) is 0. The van der Waals surface area contributed by atoms with Gasteiger partial charge in [0.1, 0.15) is 6.10 Å². The highest BCUT2D eigenvalue weighted by atomic mass is 16.3. The van der Waals surface area contributed by atoms with Gasteiger partial charge in [-0.15, -0.1) is 0 Å². The SMILES string of the molecule is CC1=CC2=C(NC(C)(C)C2O)C1C. The minimum absolute atomic E-state index is 0.198. The molecule has 0 amide bonds. The number of allylic oxidation sites excluding steroid dienone is 1. The maximum atomic E-state index is 10.00. The number of rotatable bonds is 0. The maximum Gasteiger partial charge on any atom is 0.103 e. The Morgan fingerprint density at radius 2 is 2.08 bits per heavy atom. The van der Waals surface area contributed by atoms with Gasteiger partial charge in [0.2, 0.25) is 0 Å². The van der Waals surface area contributed by atoms with Gasteiger partial charge in [-0.1, -0.05) is 18.6 Å². The average molecular weight is 179 g/mol. The first-order chi connectivity index (χ1) is 5.93. The van der Waals surface area contributed by atoms with E-state index in [1.165, 1.54) is 11.3 Å². The van der Waals surface area contributed by atoms with E-state index in [0.29, 0.717) is 5.92 Å². The molecule has 0 aromatic rings. The van der Waals surface area contributed by atoms with Gasteiger partial charge in [-0.25, -0.2) is 0 Å². The van der Waals surface area contributed by atoms with E-state index in [-0.39, 0.29) is 11.6 Å². The van der Waals surface area contributed by atoms with Gasteiger partial charge in [0, 0.05) is 17.2 Å². The van der Waals surface area contributed by atoms with Gasteiger partial charge < -0.3 is 10.4 Å². The molecule has 0 radical (unpaired) electrons. The quantitative estimate of drug-likeness (QED) is 0.591. The van der Waals surface area contributed by atoms with Gasteiger partial charge in [-0.3, -0.25) is 0 Å². The van der Waals surface area contributed by atoms with Gasteiger partial charge >= 0.3 is 0 Å². The number of hydrogen-bond donors (Lipinski definition) is 2. The summed E-state index contributed by atoms with van der Waals surface area (Å²) in [4.78, 5) is 0. The third-order valence-electron chi connectivity index (χ3n) is 3.25. The van der Waals surface area contributed by atoms with Crippen molar-refractivity contribution in [1.29, 1.82) is 0 Å². The fourth-order valence-corrected chi connectivity index (χ4v) is 2.14. The monoisotopic (exact) mass is 179 g/mol. The number of aliphatic hydroxyl groups excluding tert-OH is 1. The molecule has 1 aliphatic heterocycles. The second-order valence-corrected chi connectivity index (χ2v) is 4.73. The van der Waals surface area contributed by atoms with Crippen molar-refractivity contribution in [1.82, 2.24) is 5.32 Å². The molecular weight excluding hydrogens is 162 g/mol. The van der Waals surface area contributed by atoms with E-state index in [1.807, 2.05) is 13.8 Å². The molecule has 1 aliphatic carbocycles. The number of aliphatic hydroxyl groups is 1. The van der Waals surface area contributed by atoms with Crippen molar-refractivity contribution in [2.24, 2.45) is 5.92 Å². The smallest absolute Gasteiger partial charge is 0.103 e. The van der Waals surface area contributed by atoms with E-state index >= 15 is 0 Å². The first-order valence-electron chi connectivity index (χ1n) is 4.82. The van der Waals surface area contributed by atoms with E-state index in [1.54, 1.807) is 0 Å². The molecule has 2 heteroatoms. The van der Waals surface area contributed by atoms with E-state index in [4.69, 9.17) is 0 Å². The van der Waals surface area contributed by atoms with Crippen LogP contribution in [0.1, 0.15) is 27.7 Å². The van der Waals surface area contributed by atoms with Crippen molar-refractivity contribution in [3.05, 3.63) is 22.9 Å². The molecule has 72 valence electrons. The normalized spacial score (nSPS) is 35.9. The zero-order valence-corrected chi connectivity index (χ0v) is 8.68. The first-order valence-corrected chi connectivity index (χ1v) is 4.82. The van der Waals surface area contributed by atoms with Crippen molar-refractivity contribution < 1.29 is 5.11 Å². The lowest BCUT2D eigenvalue weighted by Crippen LogP contribution is -2.44. The third kappa shape index (κ3) is 1.05. The van der Waals surface area contributed by atoms with Gasteiger partial charge in [0.25, 0.3) is 0 Å². The van der Waals surface area contributed by atoms with Crippen LogP contribution in [0, 0.1) is 5.92 Å². The van der Waals surface area contributed by atoms with Crippen molar-refractivity contribution in [2.45, 2.75) is 39.3 Å². The molecule has 2 N–H and O–H groups in total. The molecule has 2 atom stereocenters. The Hall–Kier alpha value is -0.760. The predicted molar refractivity (Wildman–Crippen MR) is 53.2 cm³/mol. The van der Waals surface area contributed by atoms with Crippen LogP contribution in [0.4, 0.5) is 0 Å². The highest BCUT2D eigenvalue weighted by Gasteiger charge is 2.42. The van der Waals surface area contributed by atoms with Gasteiger partial charge in [-0.2, -0.15) is 0 Å². The molecule has 0 aromatic heterocycles. The Labute approximate surface area is 79.3 Å². The molecular formula is C11H17NO. The van der Waals surface area contributed by atoms with Crippen molar-refractivity contribution in [3.63, 3.8) is 0 Å². The van der Waals surface area contributed by atoms with Gasteiger partial charge in [-0.05, 0) is 20.8 Å². The lowest BCUT2D eigenvalue weighted by Gasteiger charge is -2.27. The molecule has 2 nitrogen and oxygen atoms in total. The van der Waals surface area contributed by atoms with Crippen LogP contribution in [0.3, 0.4) is 0 Å². The lowest BCUT2D eigenvalue weighted by atomic mass is 9.95. The van der Waals surface area contributed by atoms with Crippen LogP contribution in [0.25, 0.3) is 0 Å². The zero-order valence-electron chi connectivity index (χ0n) is 8.68. The molecule has 2 unspecified atom stereocenters. The summed E-state index contributed by atoms with van der Waals surface area (Å²) in [6.45, 7) is 8.36. The molecule has 13 heavy (non-hydrogen) atoms. The first kappa shape index (κ1) is 8.82. The Kier molecular flexibility index (Phi) is 1.62. The minimum Gasteiger partial charge on any atom is -0.386 e. The van der Waals surface area contributed by atoms with E-state index in [9.17, 15) is 5.11 Å². The fraction of sp³-hybridized carbons (Fsp3) is 0.636. The van der Waals surface area contributed by atoms with Crippen LogP contribution in [-0.4, -0.2) is 16.7 Å².